The fourth-order valence-corrected chi connectivity index (χ4v) is 3.44. The monoisotopic (exact) mass is 467 g/mol. The molecule has 33 heavy (non-hydrogen) atoms. The molecule has 3 rings (SSSR count). The van der Waals surface area contributed by atoms with Crippen LogP contribution in [0.15, 0.2) is 53.3 Å². The van der Waals surface area contributed by atoms with E-state index < -0.39 is 53.8 Å². The highest BCUT2D eigenvalue weighted by atomic mass is 19.4. The number of aliphatic hydroxyl groups is 4. The van der Waals surface area contributed by atoms with Gasteiger partial charge in [0.15, 0.2) is 1.41 Å². The van der Waals surface area contributed by atoms with Crippen LogP contribution in [0.25, 0.3) is 22.0 Å². The number of pyridine rings is 1. The summed E-state index contributed by atoms with van der Waals surface area (Å²) >= 11 is 0. The van der Waals surface area contributed by atoms with Gasteiger partial charge < -0.3 is 35.5 Å². The lowest BCUT2D eigenvalue weighted by Crippen LogP contribution is -2.49. The molecule has 0 fully saturated rings. The van der Waals surface area contributed by atoms with Crippen molar-refractivity contribution >= 4 is 22.9 Å². The molecule has 4 atom stereocenters. The summed E-state index contributed by atoms with van der Waals surface area (Å²) in [7, 11) is 0. The molecule has 0 aliphatic rings. The molecule has 0 aliphatic heterocycles. The first-order valence-corrected chi connectivity index (χ1v) is 9.72. The maximum absolute atomic E-state index is 14.0. The maximum atomic E-state index is 14.0. The van der Waals surface area contributed by atoms with Gasteiger partial charge in [-0.3, -0.25) is 4.79 Å². The van der Waals surface area contributed by atoms with Crippen LogP contribution >= 0.6 is 0 Å². The molecule has 0 radical (unpaired) electrons. The Kier molecular flexibility index (Phi) is 6.75. The topological polar surface area (TPSA) is 143 Å². The maximum Gasteiger partial charge on any atom is 0.417 e. The van der Waals surface area contributed by atoms with Crippen molar-refractivity contribution in [1.29, 1.82) is 0 Å². The average Bonchev–Trinajstić information content (AvgIpc) is 2.81. The number of aldehydes is 1. The van der Waals surface area contributed by atoms with Crippen LogP contribution in [0.5, 0.6) is 0 Å². The number of hydrogen-bond donors (Lipinski definition) is 6. The highest BCUT2D eigenvalue weighted by Gasteiger charge is 2.37. The largest absolute Gasteiger partial charge is 0.417 e. The number of halogens is 3. The lowest BCUT2D eigenvalue weighted by atomic mass is 9.96. The second-order valence-electron chi connectivity index (χ2n) is 7.28. The molecule has 0 bridgehead atoms. The number of hydrogen-bond acceptors (Lipinski definition) is 7. The van der Waals surface area contributed by atoms with Crippen LogP contribution in [-0.4, -0.2) is 62.7 Å². The fourth-order valence-electron chi connectivity index (χ4n) is 3.44. The van der Waals surface area contributed by atoms with Gasteiger partial charge in [-0.1, -0.05) is 36.4 Å². The molecule has 2 aromatic carbocycles. The molecule has 0 amide bonds. The zero-order valence-corrected chi connectivity index (χ0v) is 16.9. The molecule has 1 heterocycles. The minimum atomic E-state index is -4.90. The molecule has 0 saturated heterocycles. The average molecular weight is 467 g/mol. The molecule has 176 valence electrons. The molecule has 0 unspecified atom stereocenters. The third kappa shape index (κ3) is 5.06. The molecule has 0 aliphatic carbocycles. The number of fused-ring (bicyclic) bond motifs is 1. The van der Waals surface area contributed by atoms with Gasteiger partial charge in [-0.05, 0) is 17.7 Å². The zero-order valence-electron chi connectivity index (χ0n) is 17.9. The Morgan fingerprint density at radius 3 is 2.33 bits per heavy atom. The van der Waals surface area contributed by atoms with E-state index in [-0.39, 0.29) is 28.4 Å². The van der Waals surface area contributed by atoms with Crippen molar-refractivity contribution in [1.82, 2.24) is 4.98 Å². The molecular weight excluding hydrogens is 445 g/mol. The number of rotatable bonds is 8. The smallest absolute Gasteiger partial charge is 0.394 e. The van der Waals surface area contributed by atoms with Crippen LogP contribution in [0.3, 0.4) is 0 Å². The first kappa shape index (κ1) is 22.9. The van der Waals surface area contributed by atoms with Crippen LogP contribution in [0.2, 0.25) is 1.41 Å². The minimum absolute atomic E-state index is 0.0599. The summed E-state index contributed by atoms with van der Waals surface area (Å²) in [6.45, 7) is -0.928. The number of carbonyl (C=O) groups is 1. The van der Waals surface area contributed by atoms with Crippen molar-refractivity contribution in [3.8, 4) is 11.1 Å². The predicted molar refractivity (Wildman–Crippen MR) is 114 cm³/mol. The summed E-state index contributed by atoms with van der Waals surface area (Å²) < 4.78 is 50.3. The molecule has 11 heteroatoms. The van der Waals surface area contributed by atoms with E-state index in [4.69, 9.17) is 6.52 Å². The van der Waals surface area contributed by atoms with Crippen LogP contribution in [0.4, 0.5) is 18.9 Å². The minimum Gasteiger partial charge on any atom is -0.394 e. The van der Waals surface area contributed by atoms with Gasteiger partial charge in [-0.15, -0.1) is 0 Å². The number of anilines is 1. The number of aliphatic hydroxyl groups excluding tert-OH is 4. The second kappa shape index (κ2) is 9.71. The fraction of sp³-hybridized carbons (Fsp3) is 0.273. The number of carbonyl (C=O) groups excluding carboxylic acids is 1. The van der Waals surface area contributed by atoms with E-state index in [2.05, 4.69) is 4.98 Å². The summed E-state index contributed by atoms with van der Waals surface area (Å²) in [5, 5.41) is 38.5. The summed E-state index contributed by atoms with van der Waals surface area (Å²) in [4.78, 5) is 26.5. The molecule has 3 aromatic rings. The van der Waals surface area contributed by atoms with E-state index in [1.54, 1.807) is 6.07 Å². The Morgan fingerprint density at radius 1 is 1.09 bits per heavy atom. The van der Waals surface area contributed by atoms with Crippen molar-refractivity contribution in [3.63, 3.8) is 0 Å². The SMILES string of the molecule is [2H]N(c1ccc2c(C(F)(F)F)c(-c3ccccc3)c(=O)[nH]c2c1)[C@@H](C=O)[C@@H](O)[C@H](O)[C@H](O)CO. The third-order valence-corrected chi connectivity index (χ3v) is 5.06. The van der Waals surface area contributed by atoms with E-state index in [1.165, 1.54) is 24.3 Å². The van der Waals surface area contributed by atoms with E-state index in [0.717, 1.165) is 18.2 Å². The normalized spacial score (nSPS) is 16.0. The van der Waals surface area contributed by atoms with Crippen LogP contribution in [0.1, 0.15) is 5.56 Å². The Bertz CT molecular complexity index is 1220. The van der Waals surface area contributed by atoms with Gasteiger partial charge >= 0.3 is 6.18 Å². The number of alkyl halides is 3. The Balaban J connectivity index is 2.13. The molecule has 6 N–H and O–H groups in total. The van der Waals surface area contributed by atoms with E-state index in [1.807, 2.05) is 0 Å². The summed E-state index contributed by atoms with van der Waals surface area (Å²) in [5.41, 5.74) is -3.17. The Morgan fingerprint density at radius 2 is 1.76 bits per heavy atom. The molecule has 8 nitrogen and oxygen atoms in total. The standard InChI is InChI=1S/C22H21F3N2O6/c23-22(24,25)18-13-7-6-12(26-15(9-28)19(31)20(32)16(30)10-29)8-14(13)27-21(33)17(18)11-4-2-1-3-5-11/h1-9,15-16,19-20,26,29-32H,10H2,(H,27,33)/t15-,16+,19+,20+/m0/s1/i/hD. The number of H-pyrrole nitrogens is 1. The number of benzene rings is 2. The van der Waals surface area contributed by atoms with Crippen molar-refractivity contribution < 1.29 is 39.8 Å². The van der Waals surface area contributed by atoms with E-state index in [9.17, 15) is 38.1 Å². The summed E-state index contributed by atoms with van der Waals surface area (Å²) in [5.74, 6) is 0. The van der Waals surface area contributed by atoms with Crippen molar-refractivity contribution in [3.05, 3.63) is 64.4 Å². The Hall–Kier alpha value is -3.25. The van der Waals surface area contributed by atoms with Crippen LogP contribution in [-0.2, 0) is 11.0 Å². The van der Waals surface area contributed by atoms with Crippen molar-refractivity contribution in [2.45, 2.75) is 30.5 Å². The first-order chi connectivity index (χ1) is 16.0. The third-order valence-electron chi connectivity index (χ3n) is 5.06. The highest BCUT2D eigenvalue weighted by molar-refractivity contribution is 5.91. The van der Waals surface area contributed by atoms with Crippen LogP contribution < -0.4 is 10.9 Å². The highest BCUT2D eigenvalue weighted by Crippen LogP contribution is 2.39. The molecule has 0 saturated carbocycles. The predicted octanol–water partition coefficient (Wildman–Crippen LogP) is 1.27. The van der Waals surface area contributed by atoms with Gasteiger partial charge in [0.1, 0.15) is 30.6 Å². The van der Waals surface area contributed by atoms with Gasteiger partial charge in [-0.25, -0.2) is 0 Å². The van der Waals surface area contributed by atoms with Gasteiger partial charge in [0.25, 0.3) is 5.56 Å². The molecule has 1 aromatic heterocycles. The number of aromatic amines is 1. The van der Waals surface area contributed by atoms with Crippen LogP contribution in [0, 0.1) is 0 Å². The number of nitrogens with one attached hydrogen (secondary N) is 2. The quantitative estimate of drug-likeness (QED) is 0.274. The molecular formula is C22H21F3N2O6. The zero-order chi connectivity index (χ0) is 25.2. The Labute approximate surface area is 186 Å². The van der Waals surface area contributed by atoms with Gasteiger partial charge in [0.2, 0.25) is 0 Å². The number of aromatic nitrogens is 1. The summed E-state index contributed by atoms with van der Waals surface area (Å²) in [6, 6.07) is 8.68. The summed E-state index contributed by atoms with van der Waals surface area (Å²) in [6.07, 6.45) is -10.6. The van der Waals surface area contributed by atoms with E-state index >= 15 is 0 Å². The molecule has 0 spiro atoms. The lowest BCUT2D eigenvalue weighted by Gasteiger charge is -2.27. The van der Waals surface area contributed by atoms with Gasteiger partial charge in [0.05, 0.1) is 23.3 Å². The second-order valence-corrected chi connectivity index (χ2v) is 7.28. The van der Waals surface area contributed by atoms with Crippen molar-refractivity contribution in [2.75, 3.05) is 11.9 Å². The first-order valence-electron chi connectivity index (χ1n) is 10.2. The lowest BCUT2D eigenvalue weighted by molar-refractivity contribution is -0.135. The van der Waals surface area contributed by atoms with Gasteiger partial charge in [0, 0.05) is 11.1 Å². The van der Waals surface area contributed by atoms with Crippen molar-refractivity contribution in [2.24, 2.45) is 0 Å². The van der Waals surface area contributed by atoms with Gasteiger partial charge in [-0.2, -0.15) is 13.2 Å². The van der Waals surface area contributed by atoms with E-state index in [0.29, 0.717) is 5.31 Å².